The molecular formula is C18H15N5O. The largest absolute Gasteiger partial charge is 0.334 e. The van der Waals surface area contributed by atoms with E-state index in [1.807, 2.05) is 54.1 Å². The molecular weight excluding hydrogens is 302 g/mol. The molecule has 24 heavy (non-hydrogen) atoms. The van der Waals surface area contributed by atoms with Gasteiger partial charge < -0.3 is 4.52 Å². The Balaban J connectivity index is 1.55. The van der Waals surface area contributed by atoms with Crippen molar-refractivity contribution >= 4 is 11.0 Å². The summed E-state index contributed by atoms with van der Waals surface area (Å²) in [7, 11) is 0. The number of hydrogen-bond acceptors (Lipinski definition) is 5. The number of benzene rings is 2. The highest BCUT2D eigenvalue weighted by Gasteiger charge is 2.26. The highest BCUT2D eigenvalue weighted by molar-refractivity contribution is 5.80. The van der Waals surface area contributed by atoms with Gasteiger partial charge in [0.2, 0.25) is 5.82 Å². The summed E-state index contributed by atoms with van der Waals surface area (Å²) in [6.07, 6.45) is 2.37. The number of fused-ring (bicyclic) bond motifs is 1. The maximum Gasteiger partial charge on any atom is 0.258 e. The molecule has 0 atom stereocenters. The fourth-order valence-corrected chi connectivity index (χ4v) is 2.94. The average Bonchev–Trinajstić information content (AvgIpc) is 3.18. The first-order valence-electron chi connectivity index (χ1n) is 8.04. The van der Waals surface area contributed by atoms with E-state index in [0.29, 0.717) is 17.8 Å². The van der Waals surface area contributed by atoms with Crippen LogP contribution in [0.25, 0.3) is 33.9 Å². The smallest absolute Gasteiger partial charge is 0.258 e. The minimum atomic E-state index is 0.496. The van der Waals surface area contributed by atoms with Crippen LogP contribution in [-0.4, -0.2) is 25.1 Å². The van der Waals surface area contributed by atoms with Gasteiger partial charge in [0.05, 0.1) is 11.6 Å². The van der Waals surface area contributed by atoms with Crippen LogP contribution in [0.2, 0.25) is 0 Å². The quantitative estimate of drug-likeness (QED) is 0.575. The molecule has 118 valence electrons. The van der Waals surface area contributed by atoms with Crippen molar-refractivity contribution in [3.8, 4) is 22.8 Å². The molecule has 0 aliphatic heterocycles. The number of aromatic nitrogens is 5. The third-order valence-corrected chi connectivity index (χ3v) is 4.42. The van der Waals surface area contributed by atoms with Crippen molar-refractivity contribution in [3.63, 3.8) is 0 Å². The Morgan fingerprint density at radius 2 is 2.00 bits per heavy atom. The molecule has 2 aromatic heterocycles. The van der Waals surface area contributed by atoms with Crippen LogP contribution in [0.4, 0.5) is 0 Å². The van der Waals surface area contributed by atoms with Gasteiger partial charge in [-0.05, 0) is 43.5 Å². The Morgan fingerprint density at radius 3 is 2.83 bits per heavy atom. The molecule has 6 heteroatoms. The monoisotopic (exact) mass is 317 g/mol. The lowest BCUT2D eigenvalue weighted by Crippen LogP contribution is -1.95. The Hall–Kier alpha value is -3.02. The van der Waals surface area contributed by atoms with Crippen LogP contribution in [0.3, 0.4) is 0 Å². The molecule has 0 amide bonds. The molecule has 0 bridgehead atoms. The molecule has 2 aromatic carbocycles. The molecule has 0 saturated heterocycles. The zero-order chi connectivity index (χ0) is 16.1. The summed E-state index contributed by atoms with van der Waals surface area (Å²) in [5, 5.41) is 12.6. The van der Waals surface area contributed by atoms with Gasteiger partial charge in [-0.25, -0.2) is 4.68 Å². The molecule has 0 radical (unpaired) electrons. The molecule has 2 heterocycles. The molecule has 4 aromatic rings. The normalized spacial score (nSPS) is 14.4. The van der Waals surface area contributed by atoms with Crippen LogP contribution in [0, 0.1) is 6.92 Å². The maximum absolute atomic E-state index is 5.46. The predicted molar refractivity (Wildman–Crippen MR) is 89.3 cm³/mol. The summed E-state index contributed by atoms with van der Waals surface area (Å²) < 4.78 is 7.47. The topological polar surface area (TPSA) is 69.6 Å². The lowest BCUT2D eigenvalue weighted by Gasteiger charge is -1.99. The van der Waals surface area contributed by atoms with Gasteiger partial charge in [-0.1, -0.05) is 34.6 Å². The number of rotatable bonds is 3. The summed E-state index contributed by atoms with van der Waals surface area (Å²) in [6, 6.07) is 14.5. The molecule has 1 fully saturated rings. The predicted octanol–water partition coefficient (Wildman–Crippen LogP) is 3.79. The first kappa shape index (κ1) is 13.4. The van der Waals surface area contributed by atoms with Gasteiger partial charge in [0.15, 0.2) is 0 Å². The van der Waals surface area contributed by atoms with Crippen LogP contribution < -0.4 is 0 Å². The molecule has 1 aliphatic rings. The van der Waals surface area contributed by atoms with Crippen LogP contribution in [0.15, 0.2) is 47.0 Å². The Kier molecular flexibility index (Phi) is 2.79. The maximum atomic E-state index is 5.46. The van der Waals surface area contributed by atoms with Gasteiger partial charge >= 0.3 is 0 Å². The van der Waals surface area contributed by atoms with Crippen molar-refractivity contribution < 1.29 is 4.52 Å². The Labute approximate surface area is 138 Å². The zero-order valence-electron chi connectivity index (χ0n) is 13.2. The highest BCUT2D eigenvalue weighted by atomic mass is 16.5. The zero-order valence-corrected chi connectivity index (χ0v) is 13.2. The van der Waals surface area contributed by atoms with E-state index in [1.54, 1.807) is 0 Å². The molecule has 6 nitrogen and oxygen atoms in total. The summed E-state index contributed by atoms with van der Waals surface area (Å²) in [5.41, 5.74) is 4.87. The van der Waals surface area contributed by atoms with Crippen LogP contribution in [0.5, 0.6) is 0 Å². The number of hydrogen-bond donors (Lipinski definition) is 0. The summed E-state index contributed by atoms with van der Waals surface area (Å²) in [6.45, 7) is 2.04. The van der Waals surface area contributed by atoms with Crippen molar-refractivity contribution in [3.05, 3.63) is 48.0 Å². The first-order valence-corrected chi connectivity index (χ1v) is 8.04. The van der Waals surface area contributed by atoms with E-state index in [0.717, 1.165) is 27.7 Å². The second-order valence-electron chi connectivity index (χ2n) is 6.21. The van der Waals surface area contributed by atoms with Gasteiger partial charge in [-0.2, -0.15) is 4.98 Å². The summed E-state index contributed by atoms with van der Waals surface area (Å²) in [5.74, 6) is 1.10. The van der Waals surface area contributed by atoms with Crippen LogP contribution in [0.1, 0.15) is 24.4 Å². The standard InChI is InChI=1S/C18H15N5O/c1-11-4-2-3-5-14(11)17-19-18(24-21-17)12-6-9-16-15(10-12)20-22-23(16)13-7-8-13/h2-6,9-10,13H,7-8H2,1H3. The first-order chi connectivity index (χ1) is 11.8. The van der Waals surface area contributed by atoms with Crippen LogP contribution >= 0.6 is 0 Å². The van der Waals surface area contributed by atoms with Gasteiger partial charge in [0.25, 0.3) is 5.89 Å². The lowest BCUT2D eigenvalue weighted by atomic mass is 10.1. The number of nitrogens with zero attached hydrogens (tertiary/aromatic N) is 5. The van der Waals surface area contributed by atoms with E-state index in [9.17, 15) is 0 Å². The van der Waals surface area contributed by atoms with Crippen molar-refractivity contribution in [2.45, 2.75) is 25.8 Å². The molecule has 0 spiro atoms. The average molecular weight is 317 g/mol. The molecule has 0 unspecified atom stereocenters. The molecule has 5 rings (SSSR count). The SMILES string of the molecule is Cc1ccccc1-c1noc(-c2ccc3c(c2)nnn3C2CC2)n1. The van der Waals surface area contributed by atoms with Crippen molar-refractivity contribution in [2.75, 3.05) is 0 Å². The van der Waals surface area contributed by atoms with Crippen molar-refractivity contribution in [2.24, 2.45) is 0 Å². The van der Waals surface area contributed by atoms with E-state index in [4.69, 9.17) is 4.52 Å². The van der Waals surface area contributed by atoms with E-state index >= 15 is 0 Å². The van der Waals surface area contributed by atoms with Crippen molar-refractivity contribution in [1.29, 1.82) is 0 Å². The van der Waals surface area contributed by atoms with Gasteiger partial charge in [-0.3, -0.25) is 0 Å². The molecule has 1 saturated carbocycles. The lowest BCUT2D eigenvalue weighted by molar-refractivity contribution is 0.432. The highest BCUT2D eigenvalue weighted by Crippen LogP contribution is 2.36. The van der Waals surface area contributed by atoms with Gasteiger partial charge in [-0.15, -0.1) is 5.10 Å². The van der Waals surface area contributed by atoms with E-state index in [-0.39, 0.29) is 0 Å². The van der Waals surface area contributed by atoms with Crippen LogP contribution in [-0.2, 0) is 0 Å². The molecule has 0 N–H and O–H groups in total. The fourth-order valence-electron chi connectivity index (χ4n) is 2.94. The third-order valence-electron chi connectivity index (χ3n) is 4.42. The minimum Gasteiger partial charge on any atom is -0.334 e. The Bertz CT molecular complexity index is 1040. The fraction of sp³-hybridized carbons (Fsp3) is 0.222. The summed E-state index contributed by atoms with van der Waals surface area (Å²) in [4.78, 5) is 4.54. The Morgan fingerprint density at radius 1 is 1.12 bits per heavy atom. The second kappa shape index (κ2) is 4.99. The van der Waals surface area contributed by atoms with Gasteiger partial charge in [0, 0.05) is 11.1 Å². The summed E-state index contributed by atoms with van der Waals surface area (Å²) >= 11 is 0. The third kappa shape index (κ3) is 2.11. The van der Waals surface area contributed by atoms with E-state index < -0.39 is 0 Å². The minimum absolute atomic E-state index is 0.496. The number of aryl methyl sites for hydroxylation is 1. The second-order valence-corrected chi connectivity index (χ2v) is 6.21. The van der Waals surface area contributed by atoms with E-state index in [1.165, 1.54) is 12.8 Å². The van der Waals surface area contributed by atoms with E-state index in [2.05, 4.69) is 20.5 Å². The van der Waals surface area contributed by atoms with Crippen molar-refractivity contribution in [1.82, 2.24) is 25.1 Å². The molecule has 1 aliphatic carbocycles. The van der Waals surface area contributed by atoms with Gasteiger partial charge in [0.1, 0.15) is 5.52 Å².